The summed E-state index contributed by atoms with van der Waals surface area (Å²) in [6.07, 6.45) is 1.55. The second-order valence-corrected chi connectivity index (χ2v) is 6.37. The third-order valence-electron chi connectivity index (χ3n) is 4.30. The SMILES string of the molecule is COc1cc(Cn2cnc3c([nH]c4ccc(Cl)cc43)c2=O)cc(OC)c1. The van der Waals surface area contributed by atoms with E-state index >= 15 is 0 Å². The number of benzene rings is 2. The highest BCUT2D eigenvalue weighted by Crippen LogP contribution is 2.25. The van der Waals surface area contributed by atoms with Crippen molar-refractivity contribution in [2.75, 3.05) is 14.2 Å². The molecule has 4 aromatic rings. The van der Waals surface area contributed by atoms with Crippen LogP contribution in [0.15, 0.2) is 47.5 Å². The first-order valence-electron chi connectivity index (χ1n) is 7.97. The Hall–Kier alpha value is -2.99. The number of nitrogens with one attached hydrogen (secondary N) is 1. The number of methoxy groups -OCH3 is 2. The summed E-state index contributed by atoms with van der Waals surface area (Å²) in [7, 11) is 3.18. The molecule has 6 nitrogen and oxygen atoms in total. The van der Waals surface area contributed by atoms with Crippen molar-refractivity contribution in [3.63, 3.8) is 0 Å². The molecule has 26 heavy (non-hydrogen) atoms. The zero-order valence-corrected chi connectivity index (χ0v) is 15.0. The van der Waals surface area contributed by atoms with Gasteiger partial charge in [-0.2, -0.15) is 0 Å². The monoisotopic (exact) mass is 369 g/mol. The van der Waals surface area contributed by atoms with E-state index in [1.165, 1.54) is 0 Å². The molecule has 0 amide bonds. The summed E-state index contributed by atoms with van der Waals surface area (Å²) in [6.45, 7) is 0.353. The fraction of sp³-hybridized carbons (Fsp3) is 0.158. The highest BCUT2D eigenvalue weighted by atomic mass is 35.5. The minimum Gasteiger partial charge on any atom is -0.497 e. The molecule has 0 fully saturated rings. The van der Waals surface area contributed by atoms with Crippen LogP contribution in [0.2, 0.25) is 5.02 Å². The van der Waals surface area contributed by atoms with E-state index in [4.69, 9.17) is 21.1 Å². The van der Waals surface area contributed by atoms with Gasteiger partial charge in [0.1, 0.15) is 22.5 Å². The zero-order valence-electron chi connectivity index (χ0n) is 14.2. The molecule has 7 heteroatoms. The van der Waals surface area contributed by atoms with Crippen molar-refractivity contribution in [3.8, 4) is 11.5 Å². The standard InChI is InChI=1S/C19H16ClN3O3/c1-25-13-5-11(6-14(8-13)26-2)9-23-10-21-17-15-7-12(20)3-4-16(15)22-18(17)19(23)24/h3-8,10,22H,9H2,1-2H3. The Kier molecular flexibility index (Phi) is 4.05. The van der Waals surface area contributed by atoms with Crippen LogP contribution >= 0.6 is 11.6 Å². The van der Waals surface area contributed by atoms with Gasteiger partial charge in [-0.25, -0.2) is 4.98 Å². The van der Waals surface area contributed by atoms with Gasteiger partial charge in [-0.3, -0.25) is 9.36 Å². The molecule has 0 bridgehead atoms. The summed E-state index contributed by atoms with van der Waals surface area (Å²) in [6, 6.07) is 10.9. The molecule has 2 heterocycles. The van der Waals surface area contributed by atoms with Crippen LogP contribution in [0.4, 0.5) is 0 Å². The summed E-state index contributed by atoms with van der Waals surface area (Å²) in [5.41, 5.74) is 2.63. The average molecular weight is 370 g/mol. The van der Waals surface area contributed by atoms with E-state index in [2.05, 4.69) is 9.97 Å². The first-order valence-corrected chi connectivity index (χ1v) is 8.35. The second-order valence-electron chi connectivity index (χ2n) is 5.94. The Morgan fingerprint density at radius 2 is 1.85 bits per heavy atom. The highest BCUT2D eigenvalue weighted by Gasteiger charge is 2.12. The summed E-state index contributed by atoms with van der Waals surface area (Å²) in [5, 5.41) is 1.44. The number of hydrogen-bond donors (Lipinski definition) is 1. The van der Waals surface area contributed by atoms with Gasteiger partial charge in [0.15, 0.2) is 0 Å². The van der Waals surface area contributed by atoms with Crippen molar-refractivity contribution in [1.82, 2.24) is 14.5 Å². The number of rotatable bonds is 4. The molecule has 4 rings (SSSR count). The minimum absolute atomic E-state index is 0.149. The molecule has 0 saturated carbocycles. The molecule has 0 saturated heterocycles. The van der Waals surface area contributed by atoms with Crippen molar-refractivity contribution in [1.29, 1.82) is 0 Å². The molecule has 0 aliphatic heterocycles. The molecular formula is C19H16ClN3O3. The van der Waals surface area contributed by atoms with Gasteiger partial charge in [0, 0.05) is 22.0 Å². The van der Waals surface area contributed by atoms with Crippen molar-refractivity contribution in [2.45, 2.75) is 6.54 Å². The summed E-state index contributed by atoms with van der Waals surface area (Å²) < 4.78 is 12.1. The Morgan fingerprint density at radius 1 is 1.12 bits per heavy atom. The van der Waals surface area contributed by atoms with Gasteiger partial charge in [-0.15, -0.1) is 0 Å². The largest absolute Gasteiger partial charge is 0.497 e. The Balaban J connectivity index is 1.82. The van der Waals surface area contributed by atoms with Crippen LogP contribution in [0.5, 0.6) is 11.5 Å². The third-order valence-corrected chi connectivity index (χ3v) is 4.53. The number of nitrogens with zero attached hydrogens (tertiary/aromatic N) is 2. The highest BCUT2D eigenvalue weighted by molar-refractivity contribution is 6.31. The molecule has 2 aromatic carbocycles. The number of halogens is 1. The average Bonchev–Trinajstić information content (AvgIpc) is 3.02. The van der Waals surface area contributed by atoms with E-state index in [9.17, 15) is 4.79 Å². The van der Waals surface area contributed by atoms with Crippen LogP contribution in [0.25, 0.3) is 21.9 Å². The van der Waals surface area contributed by atoms with Crippen LogP contribution < -0.4 is 15.0 Å². The van der Waals surface area contributed by atoms with Crippen LogP contribution in [0.1, 0.15) is 5.56 Å². The van der Waals surface area contributed by atoms with Crippen molar-refractivity contribution in [3.05, 3.63) is 63.7 Å². The van der Waals surface area contributed by atoms with Gasteiger partial charge in [0.2, 0.25) is 0 Å². The summed E-state index contributed by atoms with van der Waals surface area (Å²) in [5.74, 6) is 1.34. The van der Waals surface area contributed by atoms with E-state index < -0.39 is 0 Å². The van der Waals surface area contributed by atoms with Gasteiger partial charge >= 0.3 is 0 Å². The summed E-state index contributed by atoms with van der Waals surface area (Å²) >= 11 is 6.06. The fourth-order valence-electron chi connectivity index (χ4n) is 3.03. The third kappa shape index (κ3) is 2.78. The quantitative estimate of drug-likeness (QED) is 0.596. The molecule has 0 aliphatic rings. The Morgan fingerprint density at radius 3 is 2.54 bits per heavy atom. The smallest absolute Gasteiger partial charge is 0.277 e. The topological polar surface area (TPSA) is 69.1 Å². The Labute approximate surface area is 153 Å². The molecule has 0 aliphatic carbocycles. The molecule has 0 spiro atoms. The van der Waals surface area contributed by atoms with E-state index in [0.29, 0.717) is 34.1 Å². The maximum Gasteiger partial charge on any atom is 0.277 e. The van der Waals surface area contributed by atoms with E-state index in [1.54, 1.807) is 43.3 Å². The van der Waals surface area contributed by atoms with Crippen LogP contribution in [0.3, 0.4) is 0 Å². The maximum atomic E-state index is 12.9. The van der Waals surface area contributed by atoms with E-state index in [-0.39, 0.29) is 5.56 Å². The predicted molar refractivity (Wildman–Crippen MR) is 102 cm³/mol. The van der Waals surface area contributed by atoms with Gasteiger partial charge < -0.3 is 14.5 Å². The number of hydrogen-bond acceptors (Lipinski definition) is 4. The fourth-order valence-corrected chi connectivity index (χ4v) is 3.20. The molecule has 0 radical (unpaired) electrons. The predicted octanol–water partition coefficient (Wildman–Crippen LogP) is 3.60. The molecule has 0 atom stereocenters. The molecular weight excluding hydrogens is 354 g/mol. The first kappa shape index (κ1) is 16.5. The number of aromatic nitrogens is 3. The Bertz CT molecular complexity index is 1160. The normalized spacial score (nSPS) is 11.2. The van der Waals surface area contributed by atoms with E-state index in [0.717, 1.165) is 16.5 Å². The van der Waals surface area contributed by atoms with Crippen LogP contribution in [-0.2, 0) is 6.54 Å². The molecule has 132 valence electrons. The van der Waals surface area contributed by atoms with E-state index in [1.807, 2.05) is 18.2 Å². The van der Waals surface area contributed by atoms with Gasteiger partial charge in [-0.05, 0) is 35.9 Å². The zero-order chi connectivity index (χ0) is 18.3. The van der Waals surface area contributed by atoms with Gasteiger partial charge in [0.05, 0.1) is 27.1 Å². The maximum absolute atomic E-state index is 12.9. The van der Waals surface area contributed by atoms with Crippen molar-refractivity contribution >= 4 is 33.5 Å². The van der Waals surface area contributed by atoms with Gasteiger partial charge in [-0.1, -0.05) is 11.6 Å². The lowest BCUT2D eigenvalue weighted by atomic mass is 10.2. The minimum atomic E-state index is -0.149. The number of fused-ring (bicyclic) bond motifs is 3. The second kappa shape index (κ2) is 6.38. The number of ether oxygens (including phenoxy) is 2. The number of aromatic amines is 1. The van der Waals surface area contributed by atoms with Crippen molar-refractivity contribution in [2.24, 2.45) is 0 Å². The van der Waals surface area contributed by atoms with Crippen LogP contribution in [0, 0.1) is 0 Å². The lowest BCUT2D eigenvalue weighted by Gasteiger charge is -2.10. The summed E-state index contributed by atoms with van der Waals surface area (Å²) in [4.78, 5) is 20.5. The molecule has 2 aromatic heterocycles. The van der Waals surface area contributed by atoms with Gasteiger partial charge in [0.25, 0.3) is 5.56 Å². The molecule has 1 N–H and O–H groups in total. The molecule has 0 unspecified atom stereocenters. The lowest BCUT2D eigenvalue weighted by molar-refractivity contribution is 0.393. The lowest BCUT2D eigenvalue weighted by Crippen LogP contribution is -2.21. The van der Waals surface area contributed by atoms with Crippen molar-refractivity contribution < 1.29 is 9.47 Å². The first-order chi connectivity index (χ1) is 12.6. The number of H-pyrrole nitrogens is 1. The van der Waals surface area contributed by atoms with Crippen LogP contribution in [-0.4, -0.2) is 28.8 Å².